The number of fused-ring (bicyclic) bond motifs is 1. The standard InChI is InChI=1S/C21H26N2O4S/c1-4-23-18-11-10-17(14-19(18)27-15-21(2,3)20(23)24)22-28(25,26)13-12-16-8-6-5-7-9-16/h5-11,14,22H,4,12-13,15H2,1-3H3. The number of hydrogen-bond donors (Lipinski definition) is 1. The van der Waals surface area contributed by atoms with Crippen molar-refractivity contribution in [3.05, 3.63) is 54.1 Å². The predicted molar refractivity (Wildman–Crippen MR) is 111 cm³/mol. The van der Waals surface area contributed by atoms with Gasteiger partial charge in [-0.3, -0.25) is 9.52 Å². The van der Waals surface area contributed by atoms with Gasteiger partial charge in [-0.25, -0.2) is 8.42 Å². The van der Waals surface area contributed by atoms with Gasteiger partial charge in [0.25, 0.3) is 0 Å². The first-order chi connectivity index (χ1) is 13.2. The molecule has 1 amide bonds. The molecule has 1 N–H and O–H groups in total. The van der Waals surface area contributed by atoms with Crippen molar-refractivity contribution in [1.82, 2.24) is 0 Å². The highest BCUT2D eigenvalue weighted by atomic mass is 32.2. The van der Waals surface area contributed by atoms with E-state index in [1.54, 1.807) is 23.1 Å². The molecule has 0 spiro atoms. The summed E-state index contributed by atoms with van der Waals surface area (Å²) < 4.78 is 33.4. The van der Waals surface area contributed by atoms with Crippen LogP contribution in [-0.2, 0) is 21.2 Å². The molecule has 0 atom stereocenters. The summed E-state index contributed by atoms with van der Waals surface area (Å²) in [5.41, 5.74) is 1.41. The molecule has 0 fully saturated rings. The molecule has 0 saturated carbocycles. The molecule has 0 bridgehead atoms. The van der Waals surface area contributed by atoms with Crippen molar-refractivity contribution >= 4 is 27.3 Å². The number of rotatable bonds is 6. The quantitative estimate of drug-likeness (QED) is 0.803. The zero-order valence-electron chi connectivity index (χ0n) is 16.4. The minimum atomic E-state index is -3.51. The van der Waals surface area contributed by atoms with Gasteiger partial charge in [0.1, 0.15) is 12.4 Å². The number of anilines is 2. The lowest BCUT2D eigenvalue weighted by atomic mass is 9.93. The van der Waals surface area contributed by atoms with Crippen LogP contribution in [0.3, 0.4) is 0 Å². The molecule has 1 aliphatic heterocycles. The summed E-state index contributed by atoms with van der Waals surface area (Å²) in [5.74, 6) is 0.482. The van der Waals surface area contributed by atoms with Crippen LogP contribution in [-0.4, -0.2) is 33.2 Å². The first-order valence-corrected chi connectivity index (χ1v) is 11.0. The molecule has 1 heterocycles. The molecule has 1 aliphatic rings. The molecule has 2 aromatic carbocycles. The van der Waals surface area contributed by atoms with E-state index >= 15 is 0 Å². The highest BCUT2D eigenvalue weighted by Crippen LogP contribution is 2.38. The zero-order chi connectivity index (χ0) is 20.4. The topological polar surface area (TPSA) is 75.7 Å². The van der Waals surface area contributed by atoms with Gasteiger partial charge in [0.2, 0.25) is 15.9 Å². The van der Waals surface area contributed by atoms with Crippen LogP contribution in [0.15, 0.2) is 48.5 Å². The molecule has 0 saturated heterocycles. The van der Waals surface area contributed by atoms with Crippen molar-refractivity contribution < 1.29 is 17.9 Å². The van der Waals surface area contributed by atoms with Gasteiger partial charge in [0.15, 0.2) is 0 Å². The fourth-order valence-corrected chi connectivity index (χ4v) is 4.24. The van der Waals surface area contributed by atoms with Gasteiger partial charge >= 0.3 is 0 Å². The average Bonchev–Trinajstić information content (AvgIpc) is 2.75. The fraction of sp³-hybridized carbons (Fsp3) is 0.381. The predicted octanol–water partition coefficient (Wildman–Crippen LogP) is 3.44. The van der Waals surface area contributed by atoms with Gasteiger partial charge in [-0.2, -0.15) is 0 Å². The van der Waals surface area contributed by atoms with Crippen molar-refractivity contribution in [1.29, 1.82) is 0 Å². The van der Waals surface area contributed by atoms with Gasteiger partial charge in [0, 0.05) is 12.6 Å². The molecule has 0 aromatic heterocycles. The molecule has 28 heavy (non-hydrogen) atoms. The van der Waals surface area contributed by atoms with E-state index in [-0.39, 0.29) is 18.3 Å². The van der Waals surface area contributed by atoms with Crippen LogP contribution in [0.25, 0.3) is 0 Å². The Hall–Kier alpha value is -2.54. The third kappa shape index (κ3) is 4.47. The maximum atomic E-state index is 12.7. The van der Waals surface area contributed by atoms with E-state index in [1.165, 1.54) is 0 Å². The third-order valence-electron chi connectivity index (χ3n) is 4.76. The van der Waals surface area contributed by atoms with Crippen LogP contribution >= 0.6 is 0 Å². The zero-order valence-corrected chi connectivity index (χ0v) is 17.3. The van der Waals surface area contributed by atoms with E-state index in [1.807, 2.05) is 51.1 Å². The molecule has 7 heteroatoms. The molecular weight excluding hydrogens is 376 g/mol. The molecule has 150 valence electrons. The Bertz CT molecular complexity index is 956. The smallest absolute Gasteiger partial charge is 0.236 e. The second kappa shape index (κ2) is 7.83. The van der Waals surface area contributed by atoms with Crippen LogP contribution < -0.4 is 14.4 Å². The van der Waals surface area contributed by atoms with Crippen molar-refractivity contribution in [3.8, 4) is 5.75 Å². The van der Waals surface area contributed by atoms with Gasteiger partial charge in [0.05, 0.1) is 22.5 Å². The number of amides is 1. The number of carbonyl (C=O) groups excluding carboxylic acids is 1. The normalized spacial score (nSPS) is 16.1. The number of ether oxygens (including phenoxy) is 1. The first-order valence-electron chi connectivity index (χ1n) is 9.35. The summed E-state index contributed by atoms with van der Waals surface area (Å²) in [5, 5.41) is 0. The number of carbonyl (C=O) groups is 1. The summed E-state index contributed by atoms with van der Waals surface area (Å²) >= 11 is 0. The third-order valence-corrected chi connectivity index (χ3v) is 6.04. The summed E-state index contributed by atoms with van der Waals surface area (Å²) in [6, 6.07) is 14.5. The van der Waals surface area contributed by atoms with E-state index < -0.39 is 15.4 Å². The van der Waals surface area contributed by atoms with Crippen molar-refractivity contribution in [2.75, 3.05) is 28.5 Å². The maximum Gasteiger partial charge on any atom is 0.236 e. The molecule has 3 rings (SSSR count). The minimum Gasteiger partial charge on any atom is -0.490 e. The Morgan fingerprint density at radius 1 is 1.14 bits per heavy atom. The van der Waals surface area contributed by atoms with Crippen molar-refractivity contribution in [2.45, 2.75) is 27.2 Å². The summed E-state index contributed by atoms with van der Waals surface area (Å²) in [7, 11) is -3.51. The lowest BCUT2D eigenvalue weighted by Gasteiger charge is -2.26. The molecule has 0 radical (unpaired) electrons. The lowest BCUT2D eigenvalue weighted by Crippen LogP contribution is -2.42. The van der Waals surface area contributed by atoms with Crippen molar-refractivity contribution in [3.63, 3.8) is 0 Å². The van der Waals surface area contributed by atoms with Gasteiger partial charge in [-0.15, -0.1) is 0 Å². The van der Waals surface area contributed by atoms with E-state index in [0.29, 0.717) is 30.1 Å². The van der Waals surface area contributed by atoms with E-state index in [0.717, 1.165) is 5.56 Å². The number of nitrogens with one attached hydrogen (secondary N) is 1. The first kappa shape index (κ1) is 20.2. The van der Waals surface area contributed by atoms with E-state index in [9.17, 15) is 13.2 Å². The number of nitrogens with zero attached hydrogens (tertiary/aromatic N) is 1. The Morgan fingerprint density at radius 3 is 2.54 bits per heavy atom. The monoisotopic (exact) mass is 402 g/mol. The maximum absolute atomic E-state index is 12.7. The minimum absolute atomic E-state index is 0.00931. The largest absolute Gasteiger partial charge is 0.490 e. The van der Waals surface area contributed by atoms with E-state index in [2.05, 4.69) is 4.72 Å². The Balaban J connectivity index is 1.78. The highest BCUT2D eigenvalue weighted by Gasteiger charge is 2.37. The number of sulfonamides is 1. The number of hydrogen-bond acceptors (Lipinski definition) is 4. The Morgan fingerprint density at radius 2 is 1.86 bits per heavy atom. The Labute approximate surface area is 166 Å². The van der Waals surface area contributed by atoms with Crippen molar-refractivity contribution in [2.24, 2.45) is 5.41 Å². The fourth-order valence-electron chi connectivity index (χ4n) is 3.15. The average molecular weight is 403 g/mol. The lowest BCUT2D eigenvalue weighted by molar-refractivity contribution is -0.127. The van der Waals surface area contributed by atoms with E-state index in [4.69, 9.17) is 4.74 Å². The summed E-state index contributed by atoms with van der Waals surface area (Å²) in [4.78, 5) is 14.4. The van der Waals surface area contributed by atoms with Gasteiger partial charge < -0.3 is 9.64 Å². The van der Waals surface area contributed by atoms with Crippen LogP contribution in [0, 0.1) is 5.41 Å². The molecular formula is C21H26N2O4S. The Kier molecular flexibility index (Phi) is 5.65. The molecule has 6 nitrogen and oxygen atoms in total. The van der Waals surface area contributed by atoms with Gasteiger partial charge in [-0.05, 0) is 44.9 Å². The van der Waals surface area contributed by atoms with Crippen LogP contribution in [0.2, 0.25) is 0 Å². The SMILES string of the molecule is CCN1C(=O)C(C)(C)COc2cc(NS(=O)(=O)CCc3ccccc3)ccc21. The summed E-state index contributed by atoms with van der Waals surface area (Å²) in [6.07, 6.45) is 0.434. The number of benzene rings is 2. The molecule has 0 unspecified atom stereocenters. The second-order valence-electron chi connectivity index (χ2n) is 7.56. The van der Waals surface area contributed by atoms with Crippen LogP contribution in [0.4, 0.5) is 11.4 Å². The van der Waals surface area contributed by atoms with Gasteiger partial charge in [-0.1, -0.05) is 30.3 Å². The number of aryl methyl sites for hydroxylation is 1. The highest BCUT2D eigenvalue weighted by molar-refractivity contribution is 7.92. The molecule has 2 aromatic rings. The summed E-state index contributed by atoms with van der Waals surface area (Å²) in [6.45, 7) is 6.34. The van der Waals surface area contributed by atoms with Crippen LogP contribution in [0.5, 0.6) is 5.75 Å². The van der Waals surface area contributed by atoms with Crippen LogP contribution in [0.1, 0.15) is 26.3 Å². The second-order valence-corrected chi connectivity index (χ2v) is 9.40. The molecule has 0 aliphatic carbocycles.